The highest BCUT2D eigenvalue weighted by atomic mass is 32.2. The molecule has 2 aliphatic rings. The Morgan fingerprint density at radius 3 is 2.68 bits per heavy atom. The minimum absolute atomic E-state index is 0.287. The number of rotatable bonds is 2. The Balaban J connectivity index is 1.81. The largest absolute Gasteiger partial charge is 0.377 e. The quantitative estimate of drug-likeness (QED) is 0.713. The molecule has 3 rings (SSSR count). The monoisotopic (exact) mass is 328 g/mol. The highest BCUT2D eigenvalue weighted by Gasteiger charge is 2.42. The van der Waals surface area contributed by atoms with Gasteiger partial charge in [-0.15, -0.1) is 0 Å². The van der Waals surface area contributed by atoms with E-state index >= 15 is 0 Å². The van der Waals surface area contributed by atoms with E-state index < -0.39 is 15.6 Å². The maximum Gasteiger partial charge on any atom is 0.225 e. The molecule has 22 heavy (non-hydrogen) atoms. The van der Waals surface area contributed by atoms with Crippen molar-refractivity contribution in [3.63, 3.8) is 0 Å². The molecule has 0 aromatic carbocycles. The summed E-state index contributed by atoms with van der Waals surface area (Å²) in [7, 11) is -3.28. The van der Waals surface area contributed by atoms with Crippen molar-refractivity contribution in [3.05, 3.63) is 18.5 Å². The Labute approximate surface area is 130 Å². The molecule has 9 heteroatoms. The van der Waals surface area contributed by atoms with Crippen LogP contribution >= 0.6 is 0 Å². The van der Waals surface area contributed by atoms with E-state index in [1.807, 2.05) is 4.90 Å². The van der Waals surface area contributed by atoms with Crippen molar-refractivity contribution in [3.8, 4) is 0 Å². The second-order valence-electron chi connectivity index (χ2n) is 5.65. The molecule has 0 N–H and O–H groups in total. The van der Waals surface area contributed by atoms with Crippen LogP contribution in [-0.4, -0.2) is 80.5 Å². The summed E-state index contributed by atoms with van der Waals surface area (Å²) in [5.74, 6) is 0.625. The van der Waals surface area contributed by atoms with E-state index in [1.54, 1.807) is 18.5 Å². The molecule has 0 radical (unpaired) electrons. The van der Waals surface area contributed by atoms with Crippen LogP contribution in [0.3, 0.4) is 0 Å². The highest BCUT2D eigenvalue weighted by Crippen LogP contribution is 2.25. The fraction of sp³-hybridized carbons (Fsp3) is 0.692. The van der Waals surface area contributed by atoms with E-state index in [-0.39, 0.29) is 6.54 Å². The molecule has 2 saturated heterocycles. The van der Waals surface area contributed by atoms with E-state index in [4.69, 9.17) is 9.47 Å². The van der Waals surface area contributed by atoms with Gasteiger partial charge < -0.3 is 14.4 Å². The fourth-order valence-electron chi connectivity index (χ4n) is 2.81. The molecular weight excluding hydrogens is 308 g/mol. The molecule has 3 heterocycles. The van der Waals surface area contributed by atoms with E-state index in [1.165, 1.54) is 10.6 Å². The van der Waals surface area contributed by atoms with E-state index in [9.17, 15) is 8.42 Å². The number of sulfonamides is 1. The number of morpholine rings is 1. The molecule has 0 amide bonds. The average molecular weight is 328 g/mol. The van der Waals surface area contributed by atoms with Crippen LogP contribution in [0.25, 0.3) is 0 Å². The molecule has 1 aromatic rings. The van der Waals surface area contributed by atoms with Crippen LogP contribution in [-0.2, 0) is 19.5 Å². The lowest BCUT2D eigenvalue weighted by Gasteiger charge is -2.42. The molecule has 2 fully saturated rings. The van der Waals surface area contributed by atoms with Crippen molar-refractivity contribution in [2.45, 2.75) is 5.60 Å². The molecule has 0 aliphatic carbocycles. The first-order chi connectivity index (χ1) is 10.5. The average Bonchev–Trinajstić information content (AvgIpc) is 2.71. The van der Waals surface area contributed by atoms with Gasteiger partial charge in [0.1, 0.15) is 5.60 Å². The first-order valence-corrected chi connectivity index (χ1v) is 9.02. The van der Waals surface area contributed by atoms with Crippen molar-refractivity contribution in [1.82, 2.24) is 14.3 Å². The highest BCUT2D eigenvalue weighted by molar-refractivity contribution is 7.88. The third kappa shape index (κ3) is 3.37. The SMILES string of the molecule is CS(=O)(=O)N1CCOCC2(CN(c3ncccn3)CCO2)C1. The lowest BCUT2D eigenvalue weighted by Crippen LogP contribution is -2.59. The molecule has 2 aliphatic heterocycles. The summed E-state index contributed by atoms with van der Waals surface area (Å²) < 4.78 is 36.7. The number of hydrogen-bond acceptors (Lipinski definition) is 7. The van der Waals surface area contributed by atoms with Crippen LogP contribution < -0.4 is 4.90 Å². The Kier molecular flexibility index (Phi) is 4.31. The van der Waals surface area contributed by atoms with Crippen molar-refractivity contribution in [2.24, 2.45) is 0 Å². The van der Waals surface area contributed by atoms with Crippen LogP contribution in [0.1, 0.15) is 0 Å². The first-order valence-electron chi connectivity index (χ1n) is 7.17. The van der Waals surface area contributed by atoms with Crippen molar-refractivity contribution in [2.75, 3.05) is 57.2 Å². The minimum atomic E-state index is -3.28. The fourth-order valence-corrected chi connectivity index (χ4v) is 3.68. The first kappa shape index (κ1) is 15.6. The molecule has 122 valence electrons. The zero-order chi connectivity index (χ0) is 15.6. The van der Waals surface area contributed by atoms with Crippen LogP contribution in [0, 0.1) is 0 Å². The Morgan fingerprint density at radius 2 is 1.95 bits per heavy atom. The molecule has 1 spiro atoms. The van der Waals surface area contributed by atoms with Gasteiger partial charge in [-0.1, -0.05) is 0 Å². The van der Waals surface area contributed by atoms with Crippen LogP contribution in [0.5, 0.6) is 0 Å². The van der Waals surface area contributed by atoms with Crippen LogP contribution in [0.2, 0.25) is 0 Å². The molecular formula is C13H20N4O4S. The van der Waals surface area contributed by atoms with Gasteiger partial charge in [0.25, 0.3) is 0 Å². The lowest BCUT2D eigenvalue weighted by molar-refractivity contribution is -0.0956. The topological polar surface area (TPSA) is 84.9 Å². The second kappa shape index (κ2) is 6.07. The maximum atomic E-state index is 11.9. The Bertz CT molecular complexity index is 612. The van der Waals surface area contributed by atoms with Crippen molar-refractivity contribution in [1.29, 1.82) is 0 Å². The standard InChI is InChI=1S/C13H20N4O4S/c1-22(18,19)17-6-7-20-11-13(10-17)9-16(5-8-21-13)12-14-3-2-4-15-12/h2-4H,5-11H2,1H3. The molecule has 1 atom stereocenters. The van der Waals surface area contributed by atoms with Gasteiger partial charge in [-0.3, -0.25) is 0 Å². The molecule has 0 bridgehead atoms. The van der Waals surface area contributed by atoms with E-state index in [0.29, 0.717) is 45.4 Å². The van der Waals surface area contributed by atoms with Gasteiger partial charge in [0, 0.05) is 32.0 Å². The van der Waals surface area contributed by atoms with Crippen molar-refractivity contribution >= 4 is 16.0 Å². The Morgan fingerprint density at radius 1 is 1.18 bits per heavy atom. The summed E-state index contributed by atoms with van der Waals surface area (Å²) in [6.45, 7) is 3.04. The predicted molar refractivity (Wildman–Crippen MR) is 80.2 cm³/mol. The van der Waals surface area contributed by atoms with Gasteiger partial charge in [0.2, 0.25) is 16.0 Å². The Hall–Kier alpha value is -1.29. The van der Waals surface area contributed by atoms with Gasteiger partial charge in [-0.25, -0.2) is 18.4 Å². The number of anilines is 1. The maximum absolute atomic E-state index is 11.9. The summed E-state index contributed by atoms with van der Waals surface area (Å²) in [6.07, 6.45) is 4.60. The lowest BCUT2D eigenvalue weighted by atomic mass is 10.0. The van der Waals surface area contributed by atoms with Gasteiger partial charge in [-0.2, -0.15) is 4.31 Å². The number of hydrogen-bond donors (Lipinski definition) is 0. The third-order valence-corrected chi connectivity index (χ3v) is 5.12. The number of ether oxygens (including phenoxy) is 2. The molecule has 1 unspecified atom stereocenters. The van der Waals surface area contributed by atoms with Gasteiger partial charge in [-0.05, 0) is 6.07 Å². The summed E-state index contributed by atoms with van der Waals surface area (Å²) in [6, 6.07) is 1.76. The van der Waals surface area contributed by atoms with E-state index in [0.717, 1.165) is 0 Å². The van der Waals surface area contributed by atoms with Gasteiger partial charge >= 0.3 is 0 Å². The van der Waals surface area contributed by atoms with Gasteiger partial charge in [0.15, 0.2) is 0 Å². The van der Waals surface area contributed by atoms with Crippen molar-refractivity contribution < 1.29 is 17.9 Å². The third-order valence-electron chi connectivity index (χ3n) is 3.87. The summed E-state index contributed by atoms with van der Waals surface area (Å²) in [4.78, 5) is 10.5. The van der Waals surface area contributed by atoms with Crippen LogP contribution in [0.4, 0.5) is 5.95 Å². The summed E-state index contributed by atoms with van der Waals surface area (Å²) in [5.41, 5.74) is -0.684. The summed E-state index contributed by atoms with van der Waals surface area (Å²) in [5, 5.41) is 0. The number of aromatic nitrogens is 2. The summed E-state index contributed by atoms with van der Waals surface area (Å²) >= 11 is 0. The predicted octanol–water partition coefficient (Wildman–Crippen LogP) is -0.656. The molecule has 0 saturated carbocycles. The minimum Gasteiger partial charge on any atom is -0.377 e. The molecule has 1 aromatic heterocycles. The zero-order valence-corrected chi connectivity index (χ0v) is 13.3. The number of nitrogens with zero attached hydrogens (tertiary/aromatic N) is 4. The van der Waals surface area contributed by atoms with Crippen LogP contribution in [0.15, 0.2) is 18.5 Å². The normalized spacial score (nSPS) is 27.8. The van der Waals surface area contributed by atoms with E-state index in [2.05, 4.69) is 9.97 Å². The molecule has 8 nitrogen and oxygen atoms in total. The van der Waals surface area contributed by atoms with Gasteiger partial charge in [0.05, 0.1) is 32.6 Å². The zero-order valence-electron chi connectivity index (χ0n) is 12.5. The smallest absolute Gasteiger partial charge is 0.225 e. The second-order valence-corrected chi connectivity index (χ2v) is 7.63.